The van der Waals surface area contributed by atoms with Crippen molar-refractivity contribution in [3.05, 3.63) is 33.4 Å². The third-order valence-corrected chi connectivity index (χ3v) is 4.93. The van der Waals surface area contributed by atoms with Gasteiger partial charge in [0.1, 0.15) is 0 Å². The number of hydrogen-bond acceptors (Lipinski definition) is 2. The molecular formula is C16H21IN2O2. The Morgan fingerprint density at radius 2 is 1.95 bits per heavy atom. The summed E-state index contributed by atoms with van der Waals surface area (Å²) >= 11 is 2.12. The molecule has 1 fully saturated rings. The Bertz CT molecular complexity index is 519. The van der Waals surface area contributed by atoms with Crippen LogP contribution in [0.25, 0.3) is 0 Å². The summed E-state index contributed by atoms with van der Waals surface area (Å²) in [6.07, 6.45) is 4.62. The topological polar surface area (TPSA) is 58.2 Å². The highest BCUT2D eigenvalue weighted by Crippen LogP contribution is 2.23. The maximum Gasteiger partial charge on any atom is 0.252 e. The van der Waals surface area contributed by atoms with E-state index in [4.69, 9.17) is 0 Å². The highest BCUT2D eigenvalue weighted by atomic mass is 127. The van der Waals surface area contributed by atoms with Crippen LogP contribution in [0.1, 0.15) is 43.0 Å². The van der Waals surface area contributed by atoms with Gasteiger partial charge < -0.3 is 10.6 Å². The van der Waals surface area contributed by atoms with Crippen LogP contribution in [0.5, 0.6) is 0 Å². The smallest absolute Gasteiger partial charge is 0.252 e. The van der Waals surface area contributed by atoms with E-state index in [0.29, 0.717) is 11.5 Å². The fourth-order valence-electron chi connectivity index (χ4n) is 2.69. The average molecular weight is 400 g/mol. The lowest BCUT2D eigenvalue weighted by Crippen LogP contribution is -2.45. The summed E-state index contributed by atoms with van der Waals surface area (Å²) in [7, 11) is 0. The van der Waals surface area contributed by atoms with Crippen molar-refractivity contribution in [1.29, 1.82) is 0 Å². The van der Waals surface area contributed by atoms with Gasteiger partial charge in [-0.2, -0.15) is 0 Å². The maximum atomic E-state index is 12.0. The second-order valence-corrected chi connectivity index (χ2v) is 6.76. The average Bonchev–Trinajstić information content (AvgIpc) is 2.48. The van der Waals surface area contributed by atoms with Crippen molar-refractivity contribution in [1.82, 2.24) is 10.6 Å². The Balaban J connectivity index is 1.81. The van der Waals surface area contributed by atoms with Crippen molar-refractivity contribution in [3.8, 4) is 0 Å². The molecule has 0 heterocycles. The molecule has 0 bridgehead atoms. The predicted molar refractivity (Wildman–Crippen MR) is 91.1 cm³/mol. The van der Waals surface area contributed by atoms with Gasteiger partial charge in [-0.25, -0.2) is 0 Å². The van der Waals surface area contributed by atoms with Gasteiger partial charge in [0.25, 0.3) is 5.91 Å². The molecule has 1 aromatic rings. The van der Waals surface area contributed by atoms with Gasteiger partial charge in [0.2, 0.25) is 5.91 Å². The van der Waals surface area contributed by atoms with Gasteiger partial charge in [-0.15, -0.1) is 0 Å². The van der Waals surface area contributed by atoms with Crippen molar-refractivity contribution < 1.29 is 9.59 Å². The lowest BCUT2D eigenvalue weighted by atomic mass is 9.86. The molecule has 4 nitrogen and oxygen atoms in total. The monoisotopic (exact) mass is 400 g/mol. The van der Waals surface area contributed by atoms with E-state index in [9.17, 15) is 9.59 Å². The van der Waals surface area contributed by atoms with Crippen molar-refractivity contribution >= 4 is 34.4 Å². The van der Waals surface area contributed by atoms with Gasteiger partial charge in [0.15, 0.2) is 0 Å². The third-order valence-electron chi connectivity index (χ3n) is 3.99. The normalized spacial score (nSPS) is 21.6. The van der Waals surface area contributed by atoms with E-state index in [1.54, 1.807) is 6.07 Å². The van der Waals surface area contributed by atoms with E-state index in [0.717, 1.165) is 9.99 Å². The molecule has 5 heteroatoms. The van der Waals surface area contributed by atoms with E-state index in [1.165, 1.54) is 19.3 Å². The van der Waals surface area contributed by atoms with Gasteiger partial charge in [-0.3, -0.25) is 9.59 Å². The van der Waals surface area contributed by atoms with Crippen LogP contribution in [0.4, 0.5) is 0 Å². The standard InChI is InChI=1S/C16H21IN2O2/c1-11-6-2-5-9-14(11)19-15(20)10-18-16(21)12-7-3-4-8-13(12)17/h3-4,7-8,11,14H,2,5-6,9-10H2,1H3,(H,18,21)(H,19,20)/t11-,14-/m0/s1. The molecule has 0 saturated heterocycles. The Kier molecular flexibility index (Phi) is 6.02. The summed E-state index contributed by atoms with van der Waals surface area (Å²) in [6, 6.07) is 7.59. The molecule has 1 aliphatic carbocycles. The summed E-state index contributed by atoms with van der Waals surface area (Å²) in [5, 5.41) is 5.72. The first-order valence-corrected chi connectivity index (χ1v) is 8.48. The predicted octanol–water partition coefficient (Wildman–Crippen LogP) is 2.72. The van der Waals surface area contributed by atoms with Crippen LogP contribution < -0.4 is 10.6 Å². The summed E-state index contributed by atoms with van der Waals surface area (Å²) in [5.74, 6) is 0.216. The summed E-state index contributed by atoms with van der Waals surface area (Å²) in [4.78, 5) is 24.0. The molecule has 1 saturated carbocycles. The molecule has 114 valence electrons. The van der Waals surface area contributed by atoms with E-state index >= 15 is 0 Å². The molecular weight excluding hydrogens is 379 g/mol. The zero-order valence-corrected chi connectivity index (χ0v) is 14.4. The van der Waals surface area contributed by atoms with Crippen LogP contribution in [0.3, 0.4) is 0 Å². The molecule has 0 unspecified atom stereocenters. The third kappa shape index (κ3) is 4.69. The molecule has 0 radical (unpaired) electrons. The van der Waals surface area contributed by atoms with E-state index in [1.807, 2.05) is 18.2 Å². The van der Waals surface area contributed by atoms with E-state index < -0.39 is 0 Å². The zero-order chi connectivity index (χ0) is 15.2. The molecule has 2 rings (SSSR count). The van der Waals surface area contributed by atoms with E-state index in [2.05, 4.69) is 40.1 Å². The Labute approximate surface area is 139 Å². The lowest BCUT2D eigenvalue weighted by molar-refractivity contribution is -0.121. The van der Waals surface area contributed by atoms with Crippen molar-refractivity contribution in [3.63, 3.8) is 0 Å². The second-order valence-electron chi connectivity index (χ2n) is 5.60. The SMILES string of the molecule is C[C@H]1CCCC[C@@H]1NC(=O)CNC(=O)c1ccccc1I. The molecule has 21 heavy (non-hydrogen) atoms. The number of hydrogen-bond donors (Lipinski definition) is 2. The number of amides is 2. The van der Waals surface area contributed by atoms with Crippen molar-refractivity contribution in [2.45, 2.75) is 38.6 Å². The molecule has 2 atom stereocenters. The van der Waals surface area contributed by atoms with Gasteiger partial charge in [0, 0.05) is 9.61 Å². The van der Waals surface area contributed by atoms with Gasteiger partial charge >= 0.3 is 0 Å². The Morgan fingerprint density at radius 1 is 1.24 bits per heavy atom. The number of nitrogens with one attached hydrogen (secondary N) is 2. The van der Waals surface area contributed by atoms with E-state index in [-0.39, 0.29) is 24.4 Å². The molecule has 2 N–H and O–H groups in total. The van der Waals surface area contributed by atoms with Crippen LogP contribution >= 0.6 is 22.6 Å². The quantitative estimate of drug-likeness (QED) is 0.764. The molecule has 1 aliphatic rings. The number of benzene rings is 1. The Hall–Kier alpha value is -1.11. The fraction of sp³-hybridized carbons (Fsp3) is 0.500. The number of carbonyl (C=O) groups excluding carboxylic acids is 2. The highest BCUT2D eigenvalue weighted by molar-refractivity contribution is 14.1. The maximum absolute atomic E-state index is 12.0. The first-order chi connectivity index (χ1) is 10.1. The van der Waals surface area contributed by atoms with Gasteiger partial charge in [-0.05, 0) is 53.5 Å². The first kappa shape index (κ1) is 16.3. The van der Waals surface area contributed by atoms with Crippen LogP contribution in [-0.4, -0.2) is 24.4 Å². The number of halogens is 1. The van der Waals surface area contributed by atoms with Crippen LogP contribution in [-0.2, 0) is 4.79 Å². The minimum atomic E-state index is -0.202. The molecule has 2 amide bonds. The second kappa shape index (κ2) is 7.77. The van der Waals surface area contributed by atoms with Crippen molar-refractivity contribution in [2.24, 2.45) is 5.92 Å². The van der Waals surface area contributed by atoms with Gasteiger partial charge in [0.05, 0.1) is 12.1 Å². The van der Waals surface area contributed by atoms with Crippen LogP contribution in [0, 0.1) is 9.49 Å². The summed E-state index contributed by atoms with van der Waals surface area (Å²) in [5.41, 5.74) is 0.608. The fourth-order valence-corrected chi connectivity index (χ4v) is 3.32. The minimum Gasteiger partial charge on any atom is -0.352 e. The number of carbonyl (C=O) groups is 2. The molecule has 1 aromatic carbocycles. The van der Waals surface area contributed by atoms with Crippen LogP contribution in [0.2, 0.25) is 0 Å². The van der Waals surface area contributed by atoms with Gasteiger partial charge in [-0.1, -0.05) is 31.9 Å². The minimum absolute atomic E-state index is 0.0347. The number of rotatable bonds is 4. The van der Waals surface area contributed by atoms with Crippen LogP contribution in [0.15, 0.2) is 24.3 Å². The largest absolute Gasteiger partial charge is 0.352 e. The summed E-state index contributed by atoms with van der Waals surface area (Å²) < 4.78 is 0.883. The molecule has 0 aromatic heterocycles. The van der Waals surface area contributed by atoms with Crippen molar-refractivity contribution in [2.75, 3.05) is 6.54 Å². The lowest BCUT2D eigenvalue weighted by Gasteiger charge is -2.29. The zero-order valence-electron chi connectivity index (χ0n) is 12.2. The first-order valence-electron chi connectivity index (χ1n) is 7.40. The molecule has 0 spiro atoms. The Morgan fingerprint density at radius 3 is 2.67 bits per heavy atom. The summed E-state index contributed by atoms with van der Waals surface area (Å²) in [6.45, 7) is 2.21. The highest BCUT2D eigenvalue weighted by Gasteiger charge is 2.22. The molecule has 0 aliphatic heterocycles.